The maximum absolute atomic E-state index is 12.1. The van der Waals surface area contributed by atoms with Gasteiger partial charge in [0.2, 0.25) is 0 Å². The molecule has 1 N–H and O–H groups in total. The van der Waals surface area contributed by atoms with Crippen LogP contribution in [0.4, 0.5) is 0 Å². The van der Waals surface area contributed by atoms with Gasteiger partial charge >= 0.3 is 5.97 Å². The zero-order chi connectivity index (χ0) is 15.0. The van der Waals surface area contributed by atoms with Crippen molar-refractivity contribution in [2.75, 3.05) is 20.3 Å². The van der Waals surface area contributed by atoms with Gasteiger partial charge in [0.25, 0.3) is 0 Å². The second-order valence-corrected chi connectivity index (χ2v) is 4.92. The van der Waals surface area contributed by atoms with Crippen molar-refractivity contribution in [2.24, 2.45) is 0 Å². The minimum Gasteiger partial charge on any atom is -0.494 e. The highest BCUT2D eigenvalue weighted by Crippen LogP contribution is 2.25. The standard InChI is InChI=1S/C16H25NO3/c1-5-11-17-16(3,15(18)19-4)13-7-9-14(10-8-13)20-12-6-2/h7-10,17H,5-6,11-12H2,1-4H3. The summed E-state index contributed by atoms with van der Waals surface area (Å²) in [6, 6.07) is 7.59. The SMILES string of the molecule is CCCNC(C)(C(=O)OC)c1ccc(OCCC)cc1. The monoisotopic (exact) mass is 279 g/mol. The lowest BCUT2D eigenvalue weighted by Gasteiger charge is -2.28. The molecule has 0 bridgehead atoms. The van der Waals surface area contributed by atoms with Crippen LogP contribution in [0.15, 0.2) is 24.3 Å². The Hall–Kier alpha value is -1.55. The molecule has 1 unspecified atom stereocenters. The molecule has 0 heterocycles. The van der Waals surface area contributed by atoms with Gasteiger partial charge in [0.05, 0.1) is 13.7 Å². The number of carbonyl (C=O) groups excluding carboxylic acids is 1. The topological polar surface area (TPSA) is 47.6 Å². The molecule has 1 atom stereocenters. The number of hydrogen-bond donors (Lipinski definition) is 1. The van der Waals surface area contributed by atoms with Crippen molar-refractivity contribution >= 4 is 5.97 Å². The lowest BCUT2D eigenvalue weighted by atomic mass is 9.91. The smallest absolute Gasteiger partial charge is 0.330 e. The van der Waals surface area contributed by atoms with E-state index in [0.717, 1.165) is 30.7 Å². The van der Waals surface area contributed by atoms with Crippen molar-refractivity contribution in [3.05, 3.63) is 29.8 Å². The van der Waals surface area contributed by atoms with Crippen molar-refractivity contribution < 1.29 is 14.3 Å². The largest absolute Gasteiger partial charge is 0.494 e. The van der Waals surface area contributed by atoms with E-state index in [1.807, 2.05) is 31.2 Å². The first kappa shape index (κ1) is 16.5. The van der Waals surface area contributed by atoms with E-state index in [1.54, 1.807) is 0 Å². The van der Waals surface area contributed by atoms with E-state index in [-0.39, 0.29) is 5.97 Å². The van der Waals surface area contributed by atoms with Gasteiger partial charge in [0.15, 0.2) is 0 Å². The minimum atomic E-state index is -0.825. The Bertz CT molecular complexity index is 416. The maximum Gasteiger partial charge on any atom is 0.330 e. The first-order valence-corrected chi connectivity index (χ1v) is 7.15. The fraction of sp³-hybridized carbons (Fsp3) is 0.562. The Balaban J connectivity index is 2.93. The third-order valence-corrected chi connectivity index (χ3v) is 3.23. The summed E-state index contributed by atoms with van der Waals surface area (Å²) >= 11 is 0. The van der Waals surface area contributed by atoms with Gasteiger partial charge in [-0.05, 0) is 44.0 Å². The molecule has 4 heteroatoms. The molecular weight excluding hydrogens is 254 g/mol. The van der Waals surface area contributed by atoms with Gasteiger partial charge in [-0.25, -0.2) is 4.79 Å². The highest BCUT2D eigenvalue weighted by atomic mass is 16.5. The number of benzene rings is 1. The molecule has 0 spiro atoms. The fourth-order valence-electron chi connectivity index (χ4n) is 1.98. The summed E-state index contributed by atoms with van der Waals surface area (Å²) in [6.45, 7) is 7.42. The van der Waals surface area contributed by atoms with E-state index < -0.39 is 5.54 Å². The fourth-order valence-corrected chi connectivity index (χ4v) is 1.98. The summed E-state index contributed by atoms with van der Waals surface area (Å²) in [5.41, 5.74) is 0.0512. The Morgan fingerprint density at radius 2 is 1.85 bits per heavy atom. The molecule has 1 aromatic rings. The van der Waals surface area contributed by atoms with Crippen LogP contribution in [0.3, 0.4) is 0 Å². The zero-order valence-corrected chi connectivity index (χ0v) is 12.9. The van der Waals surface area contributed by atoms with Crippen molar-refractivity contribution in [3.63, 3.8) is 0 Å². The average Bonchev–Trinajstić information content (AvgIpc) is 2.50. The molecule has 20 heavy (non-hydrogen) atoms. The number of rotatable bonds is 8. The molecule has 112 valence electrons. The summed E-state index contributed by atoms with van der Waals surface area (Å²) in [5.74, 6) is 0.534. The maximum atomic E-state index is 12.1. The Morgan fingerprint density at radius 3 is 2.35 bits per heavy atom. The van der Waals surface area contributed by atoms with Crippen LogP contribution in [0.5, 0.6) is 5.75 Å². The Kier molecular flexibility index (Phi) is 6.52. The van der Waals surface area contributed by atoms with Crippen LogP contribution in [0.1, 0.15) is 39.2 Å². The van der Waals surface area contributed by atoms with Crippen LogP contribution < -0.4 is 10.1 Å². The summed E-state index contributed by atoms with van der Waals surface area (Å²) < 4.78 is 10.5. The van der Waals surface area contributed by atoms with Crippen LogP contribution in [0.2, 0.25) is 0 Å². The summed E-state index contributed by atoms with van der Waals surface area (Å²) in [4.78, 5) is 12.1. The van der Waals surface area contributed by atoms with Crippen molar-refractivity contribution in [3.8, 4) is 5.75 Å². The lowest BCUT2D eigenvalue weighted by Crippen LogP contribution is -2.47. The predicted molar refractivity (Wildman–Crippen MR) is 79.9 cm³/mol. The van der Waals surface area contributed by atoms with E-state index in [0.29, 0.717) is 6.61 Å². The van der Waals surface area contributed by atoms with Crippen LogP contribution >= 0.6 is 0 Å². The van der Waals surface area contributed by atoms with Gasteiger partial charge in [0.1, 0.15) is 11.3 Å². The second kappa shape index (κ2) is 7.90. The van der Waals surface area contributed by atoms with E-state index in [9.17, 15) is 4.79 Å². The summed E-state index contributed by atoms with van der Waals surface area (Å²) in [7, 11) is 1.41. The molecule has 0 aromatic heterocycles. The molecule has 1 aromatic carbocycles. The van der Waals surface area contributed by atoms with Crippen LogP contribution in [-0.4, -0.2) is 26.2 Å². The number of methoxy groups -OCH3 is 1. The van der Waals surface area contributed by atoms with Gasteiger partial charge in [-0.3, -0.25) is 5.32 Å². The third kappa shape index (κ3) is 3.97. The van der Waals surface area contributed by atoms with Crippen LogP contribution in [0, 0.1) is 0 Å². The first-order valence-electron chi connectivity index (χ1n) is 7.15. The number of nitrogens with one attached hydrogen (secondary N) is 1. The van der Waals surface area contributed by atoms with Crippen molar-refractivity contribution in [1.82, 2.24) is 5.32 Å². The van der Waals surface area contributed by atoms with E-state index in [4.69, 9.17) is 9.47 Å². The second-order valence-electron chi connectivity index (χ2n) is 4.92. The summed E-state index contributed by atoms with van der Waals surface area (Å²) in [6.07, 6.45) is 1.92. The van der Waals surface area contributed by atoms with Gasteiger partial charge < -0.3 is 9.47 Å². The number of carbonyl (C=O) groups is 1. The van der Waals surface area contributed by atoms with Gasteiger partial charge in [0, 0.05) is 0 Å². The minimum absolute atomic E-state index is 0.284. The highest BCUT2D eigenvalue weighted by molar-refractivity contribution is 5.82. The van der Waals surface area contributed by atoms with Gasteiger partial charge in [-0.15, -0.1) is 0 Å². The molecular formula is C16H25NO3. The molecule has 0 aliphatic heterocycles. The van der Waals surface area contributed by atoms with Crippen LogP contribution in [-0.2, 0) is 15.1 Å². The number of ether oxygens (including phenoxy) is 2. The normalized spacial score (nSPS) is 13.6. The third-order valence-electron chi connectivity index (χ3n) is 3.23. The number of esters is 1. The number of hydrogen-bond acceptors (Lipinski definition) is 4. The summed E-state index contributed by atoms with van der Waals surface area (Å²) in [5, 5.41) is 3.26. The van der Waals surface area contributed by atoms with Crippen molar-refractivity contribution in [1.29, 1.82) is 0 Å². The molecule has 0 saturated heterocycles. The van der Waals surface area contributed by atoms with E-state index >= 15 is 0 Å². The molecule has 4 nitrogen and oxygen atoms in total. The highest BCUT2D eigenvalue weighted by Gasteiger charge is 2.35. The van der Waals surface area contributed by atoms with Crippen LogP contribution in [0.25, 0.3) is 0 Å². The molecule has 0 amide bonds. The average molecular weight is 279 g/mol. The molecule has 0 radical (unpaired) electrons. The molecule has 0 aliphatic rings. The van der Waals surface area contributed by atoms with Crippen molar-refractivity contribution in [2.45, 2.75) is 39.2 Å². The zero-order valence-electron chi connectivity index (χ0n) is 12.9. The van der Waals surface area contributed by atoms with E-state index in [2.05, 4.69) is 19.2 Å². The lowest BCUT2D eigenvalue weighted by molar-refractivity contribution is -0.148. The predicted octanol–water partition coefficient (Wildman–Crippen LogP) is 2.86. The van der Waals surface area contributed by atoms with E-state index in [1.165, 1.54) is 7.11 Å². The van der Waals surface area contributed by atoms with Gasteiger partial charge in [-0.1, -0.05) is 26.0 Å². The first-order chi connectivity index (χ1) is 9.58. The molecule has 0 fully saturated rings. The Labute approximate surface area is 121 Å². The van der Waals surface area contributed by atoms with Gasteiger partial charge in [-0.2, -0.15) is 0 Å². The quantitative estimate of drug-likeness (QED) is 0.743. The molecule has 0 saturated carbocycles. The Morgan fingerprint density at radius 1 is 1.20 bits per heavy atom. The molecule has 1 rings (SSSR count). The molecule has 0 aliphatic carbocycles.